The second-order valence-corrected chi connectivity index (χ2v) is 8.02. The molecular weight excluding hydrogens is 406 g/mol. The van der Waals surface area contributed by atoms with E-state index in [1.54, 1.807) is 23.5 Å². The minimum Gasteiger partial charge on any atom is -0.306 e. The average molecular weight is 420 g/mol. The first-order valence-corrected chi connectivity index (χ1v) is 9.64. The first kappa shape index (κ1) is 16.4. The molecule has 0 spiro atoms. The molecule has 0 fully saturated rings. The number of hydrogen-bond acceptors (Lipinski definition) is 5. The van der Waals surface area contributed by atoms with Crippen molar-refractivity contribution in [1.82, 2.24) is 9.97 Å². The van der Waals surface area contributed by atoms with Crippen molar-refractivity contribution in [2.24, 2.45) is 0 Å². The second-order valence-electron chi connectivity index (χ2n) is 6.08. The van der Waals surface area contributed by atoms with E-state index in [-0.39, 0.29) is 11.2 Å². The van der Waals surface area contributed by atoms with Crippen LogP contribution in [0.4, 0.5) is 5.69 Å². The second kappa shape index (κ2) is 6.34. The summed E-state index contributed by atoms with van der Waals surface area (Å²) in [7, 11) is 0. The van der Waals surface area contributed by atoms with E-state index in [4.69, 9.17) is 0 Å². The van der Waals surface area contributed by atoms with Crippen molar-refractivity contribution in [3.05, 3.63) is 53.6 Å². The summed E-state index contributed by atoms with van der Waals surface area (Å²) in [6, 6.07) is 4.73. The molecule has 1 aliphatic rings. The Morgan fingerprint density at radius 2 is 2.04 bits per heavy atom. The molecule has 1 aromatic carbocycles. The fraction of sp³-hybridized carbons (Fsp3) is 0.294. The van der Waals surface area contributed by atoms with Crippen LogP contribution in [-0.4, -0.2) is 14.9 Å². The van der Waals surface area contributed by atoms with Gasteiger partial charge >= 0.3 is 0 Å². The quantitative estimate of drug-likeness (QED) is 0.373. The van der Waals surface area contributed by atoms with Gasteiger partial charge in [-0.2, -0.15) is 0 Å². The fourth-order valence-electron chi connectivity index (χ4n) is 3.28. The van der Waals surface area contributed by atoms with E-state index in [0.717, 1.165) is 36.1 Å². The molecule has 1 aliphatic carbocycles. The molecule has 0 radical (unpaired) electrons. The first-order valence-electron chi connectivity index (χ1n) is 8.03. The fourth-order valence-corrected chi connectivity index (χ4v) is 4.93. The van der Waals surface area contributed by atoms with Crippen LogP contribution < -0.4 is 5.56 Å². The Morgan fingerprint density at radius 1 is 1.24 bits per heavy atom. The van der Waals surface area contributed by atoms with Gasteiger partial charge in [0.05, 0.1) is 14.8 Å². The molecule has 0 bridgehead atoms. The lowest BCUT2D eigenvalue weighted by molar-refractivity contribution is -0.385. The van der Waals surface area contributed by atoms with Crippen molar-refractivity contribution in [3.8, 4) is 11.4 Å². The lowest BCUT2D eigenvalue weighted by atomic mass is 10.1. The van der Waals surface area contributed by atoms with Gasteiger partial charge in [-0.15, -0.1) is 11.3 Å². The molecule has 128 valence electrons. The van der Waals surface area contributed by atoms with E-state index in [1.807, 2.05) is 0 Å². The van der Waals surface area contributed by atoms with Gasteiger partial charge < -0.3 is 4.98 Å². The number of aryl methyl sites for hydroxylation is 2. The summed E-state index contributed by atoms with van der Waals surface area (Å²) in [5, 5.41) is 11.8. The van der Waals surface area contributed by atoms with Gasteiger partial charge in [-0.25, -0.2) is 4.98 Å². The number of hydrogen-bond donors (Lipinski definition) is 1. The van der Waals surface area contributed by atoms with E-state index < -0.39 is 4.92 Å². The Hall–Kier alpha value is -2.06. The van der Waals surface area contributed by atoms with Crippen LogP contribution in [0.3, 0.4) is 0 Å². The van der Waals surface area contributed by atoms with Gasteiger partial charge in [0.1, 0.15) is 10.7 Å². The maximum absolute atomic E-state index is 12.7. The van der Waals surface area contributed by atoms with Gasteiger partial charge in [-0.1, -0.05) is 6.42 Å². The van der Waals surface area contributed by atoms with E-state index in [9.17, 15) is 14.9 Å². The molecule has 2 heterocycles. The zero-order valence-corrected chi connectivity index (χ0v) is 15.6. The number of rotatable bonds is 2. The third kappa shape index (κ3) is 2.89. The van der Waals surface area contributed by atoms with Gasteiger partial charge in [-0.3, -0.25) is 14.9 Å². The van der Waals surface area contributed by atoms with Crippen LogP contribution in [0.5, 0.6) is 0 Å². The zero-order chi connectivity index (χ0) is 17.6. The summed E-state index contributed by atoms with van der Waals surface area (Å²) >= 11 is 4.75. The highest BCUT2D eigenvalue weighted by molar-refractivity contribution is 9.10. The van der Waals surface area contributed by atoms with E-state index in [0.29, 0.717) is 21.2 Å². The molecular formula is C17H14BrN3O3S. The summed E-state index contributed by atoms with van der Waals surface area (Å²) in [6.45, 7) is 0. The molecule has 0 saturated heterocycles. The van der Waals surface area contributed by atoms with Crippen molar-refractivity contribution in [3.63, 3.8) is 0 Å². The molecule has 0 saturated carbocycles. The number of thiophene rings is 1. The number of nitrogens with zero attached hydrogens (tertiary/aromatic N) is 2. The number of H-pyrrole nitrogens is 1. The van der Waals surface area contributed by atoms with E-state index >= 15 is 0 Å². The maximum Gasteiger partial charge on any atom is 0.284 e. The molecule has 3 aromatic rings. The molecule has 6 nitrogen and oxygen atoms in total. The molecule has 0 amide bonds. The first-order chi connectivity index (χ1) is 12.0. The Bertz CT molecular complexity index is 1060. The molecule has 0 unspecified atom stereocenters. The molecule has 2 aromatic heterocycles. The molecule has 4 rings (SSSR count). The summed E-state index contributed by atoms with van der Waals surface area (Å²) in [4.78, 5) is 32.7. The van der Waals surface area contributed by atoms with Crippen molar-refractivity contribution in [2.75, 3.05) is 0 Å². The van der Waals surface area contributed by atoms with Crippen molar-refractivity contribution < 1.29 is 4.92 Å². The van der Waals surface area contributed by atoms with Crippen LogP contribution in [-0.2, 0) is 12.8 Å². The van der Waals surface area contributed by atoms with Crippen LogP contribution in [0.2, 0.25) is 0 Å². The minimum absolute atomic E-state index is 0.0535. The standard InChI is InChI=1S/C17H14BrN3O3S/c18-11-7-6-9(8-12(11)21(23)24)15-19-16(22)14-10-4-2-1-3-5-13(10)25-17(14)20-15/h6-8H,1-5H2,(H,19,20,22). The summed E-state index contributed by atoms with van der Waals surface area (Å²) in [6.07, 6.45) is 5.34. The number of halogens is 1. The number of benzene rings is 1. The van der Waals surface area contributed by atoms with Crippen molar-refractivity contribution >= 4 is 43.2 Å². The van der Waals surface area contributed by atoms with Crippen LogP contribution in [0.15, 0.2) is 27.5 Å². The normalized spacial score (nSPS) is 14.3. The third-order valence-corrected chi connectivity index (χ3v) is 6.35. The lowest BCUT2D eigenvalue weighted by Crippen LogP contribution is -2.10. The number of fused-ring (bicyclic) bond motifs is 3. The Labute approximate surface area is 155 Å². The highest BCUT2D eigenvalue weighted by Gasteiger charge is 2.20. The lowest BCUT2D eigenvalue weighted by Gasteiger charge is -2.03. The SMILES string of the molecule is O=c1[nH]c(-c2ccc(Br)c([N+](=O)[O-])c2)nc2sc3c(c12)CCCCC3. The van der Waals surface area contributed by atoms with E-state index in [1.165, 1.54) is 17.4 Å². The van der Waals surface area contributed by atoms with Crippen LogP contribution in [0.1, 0.15) is 29.7 Å². The third-order valence-electron chi connectivity index (χ3n) is 4.49. The van der Waals surface area contributed by atoms with Crippen molar-refractivity contribution in [1.29, 1.82) is 0 Å². The molecule has 0 aliphatic heterocycles. The van der Waals surface area contributed by atoms with Crippen molar-refractivity contribution in [2.45, 2.75) is 32.1 Å². The largest absolute Gasteiger partial charge is 0.306 e. The molecule has 8 heteroatoms. The summed E-state index contributed by atoms with van der Waals surface area (Å²) in [5.41, 5.74) is 1.45. The smallest absolute Gasteiger partial charge is 0.284 e. The predicted octanol–water partition coefficient (Wildman–Crippen LogP) is 4.59. The molecule has 1 N–H and O–H groups in total. The maximum atomic E-state index is 12.7. The highest BCUT2D eigenvalue weighted by atomic mass is 79.9. The predicted molar refractivity (Wildman–Crippen MR) is 101 cm³/mol. The Kier molecular flexibility index (Phi) is 4.16. The van der Waals surface area contributed by atoms with Gasteiger partial charge in [0, 0.05) is 16.5 Å². The number of nitro benzene ring substituents is 1. The summed E-state index contributed by atoms with van der Waals surface area (Å²) < 4.78 is 0.396. The Morgan fingerprint density at radius 3 is 2.84 bits per heavy atom. The van der Waals surface area contributed by atoms with Gasteiger partial charge in [-0.05, 0) is 59.3 Å². The summed E-state index contributed by atoms with van der Waals surface area (Å²) in [5.74, 6) is 0.365. The van der Waals surface area contributed by atoms with Crippen LogP contribution in [0, 0.1) is 10.1 Å². The number of aromatic nitrogens is 2. The molecule has 0 atom stereocenters. The van der Waals surface area contributed by atoms with Crippen LogP contribution >= 0.6 is 27.3 Å². The number of aromatic amines is 1. The number of nitrogens with one attached hydrogen (secondary N) is 1. The topological polar surface area (TPSA) is 88.9 Å². The highest BCUT2D eigenvalue weighted by Crippen LogP contribution is 2.34. The zero-order valence-electron chi connectivity index (χ0n) is 13.2. The minimum atomic E-state index is -0.461. The van der Waals surface area contributed by atoms with Gasteiger partial charge in [0.2, 0.25) is 0 Å². The average Bonchev–Trinajstić information content (AvgIpc) is 2.77. The van der Waals surface area contributed by atoms with Crippen LogP contribution in [0.25, 0.3) is 21.6 Å². The van der Waals surface area contributed by atoms with Gasteiger partial charge in [0.15, 0.2) is 0 Å². The van der Waals surface area contributed by atoms with E-state index in [2.05, 4.69) is 25.9 Å². The Balaban J connectivity index is 1.89. The van der Waals surface area contributed by atoms with Gasteiger partial charge in [0.25, 0.3) is 11.2 Å². The number of nitro groups is 1. The monoisotopic (exact) mass is 419 g/mol. The molecule has 25 heavy (non-hydrogen) atoms.